The van der Waals surface area contributed by atoms with Crippen LogP contribution in [0, 0.1) is 0 Å². The number of hydrogen-bond donors (Lipinski definition) is 2. The van der Waals surface area contributed by atoms with Gasteiger partial charge in [0.15, 0.2) is 0 Å². The van der Waals surface area contributed by atoms with Gasteiger partial charge in [-0.1, -0.05) is 0 Å². The van der Waals surface area contributed by atoms with Crippen LogP contribution < -0.4 is 15.5 Å². The third-order valence-corrected chi connectivity index (χ3v) is 4.13. The summed E-state index contributed by atoms with van der Waals surface area (Å²) in [5.41, 5.74) is 2.13. The second-order valence-corrected chi connectivity index (χ2v) is 6.21. The lowest BCUT2D eigenvalue weighted by molar-refractivity contribution is 0.0398. The van der Waals surface area contributed by atoms with Gasteiger partial charge in [-0.05, 0) is 30.3 Å². The monoisotopic (exact) mass is 342 g/mol. The van der Waals surface area contributed by atoms with Crippen LogP contribution in [-0.2, 0) is 4.74 Å². The van der Waals surface area contributed by atoms with Gasteiger partial charge in [-0.3, -0.25) is 4.90 Å². The Balaban J connectivity index is 1.52. The van der Waals surface area contributed by atoms with E-state index in [1.54, 1.807) is 6.20 Å². The molecule has 0 saturated carbocycles. The third-order valence-electron chi connectivity index (χ3n) is 4.13. The number of morpholine rings is 1. The lowest BCUT2D eigenvalue weighted by atomic mass is 10.2. The van der Waals surface area contributed by atoms with Crippen molar-refractivity contribution in [1.29, 1.82) is 0 Å². The van der Waals surface area contributed by atoms with Crippen molar-refractivity contribution in [2.24, 2.45) is 0 Å². The average Bonchev–Trinajstić information content (AvgIpc) is 2.63. The molecule has 2 N–H and O–H groups in total. The molecule has 0 aliphatic carbocycles. The van der Waals surface area contributed by atoms with Crippen molar-refractivity contribution in [2.75, 3.05) is 69.0 Å². The molecule has 2 aromatic rings. The third kappa shape index (κ3) is 5.30. The summed E-state index contributed by atoms with van der Waals surface area (Å²) in [6.07, 6.45) is 1.76. The molecule has 0 atom stereocenters. The smallest absolute Gasteiger partial charge is 0.229 e. The number of ether oxygens (including phenoxy) is 1. The van der Waals surface area contributed by atoms with E-state index in [0.717, 1.165) is 56.6 Å². The van der Waals surface area contributed by atoms with E-state index in [2.05, 4.69) is 42.5 Å². The summed E-state index contributed by atoms with van der Waals surface area (Å²) in [5.74, 6) is 1.42. The zero-order valence-electron chi connectivity index (χ0n) is 14.9. The van der Waals surface area contributed by atoms with Crippen molar-refractivity contribution in [2.45, 2.75) is 0 Å². The van der Waals surface area contributed by atoms with E-state index in [1.807, 2.05) is 32.3 Å². The Labute approximate surface area is 149 Å². The highest BCUT2D eigenvalue weighted by Gasteiger charge is 2.09. The average molecular weight is 342 g/mol. The Morgan fingerprint density at radius 3 is 2.60 bits per heavy atom. The van der Waals surface area contributed by atoms with Gasteiger partial charge in [0.2, 0.25) is 5.95 Å². The summed E-state index contributed by atoms with van der Waals surface area (Å²) in [6, 6.07) is 10.1. The standard InChI is InChI=1S/C18H26N6O/c1-23(2)16-5-3-15(4-6-16)21-18-20-8-7-17(22-18)19-9-10-24-11-13-25-14-12-24/h3-8H,9-14H2,1-2H3,(H2,19,20,21,22). The first-order valence-electron chi connectivity index (χ1n) is 8.62. The van der Waals surface area contributed by atoms with Gasteiger partial charge in [-0.15, -0.1) is 0 Å². The van der Waals surface area contributed by atoms with Crippen molar-refractivity contribution < 1.29 is 4.74 Å². The maximum Gasteiger partial charge on any atom is 0.229 e. The van der Waals surface area contributed by atoms with Crippen LogP contribution >= 0.6 is 0 Å². The maximum atomic E-state index is 5.36. The quantitative estimate of drug-likeness (QED) is 0.798. The molecule has 7 heteroatoms. The highest BCUT2D eigenvalue weighted by Crippen LogP contribution is 2.18. The zero-order valence-corrected chi connectivity index (χ0v) is 14.9. The Kier molecular flexibility index (Phi) is 6.03. The molecule has 25 heavy (non-hydrogen) atoms. The molecule has 1 fully saturated rings. The van der Waals surface area contributed by atoms with Gasteiger partial charge in [0, 0.05) is 57.8 Å². The number of nitrogens with one attached hydrogen (secondary N) is 2. The fraction of sp³-hybridized carbons (Fsp3) is 0.444. The summed E-state index contributed by atoms with van der Waals surface area (Å²) in [6.45, 7) is 5.50. The highest BCUT2D eigenvalue weighted by atomic mass is 16.5. The first kappa shape index (κ1) is 17.4. The van der Waals surface area contributed by atoms with Crippen LogP contribution in [0.25, 0.3) is 0 Å². The summed E-state index contributed by atoms with van der Waals surface area (Å²) in [4.78, 5) is 13.3. The van der Waals surface area contributed by atoms with Crippen LogP contribution in [0.4, 0.5) is 23.1 Å². The van der Waals surface area contributed by atoms with Gasteiger partial charge in [-0.2, -0.15) is 4.98 Å². The molecule has 134 valence electrons. The molecule has 1 aromatic carbocycles. The van der Waals surface area contributed by atoms with E-state index in [4.69, 9.17) is 4.74 Å². The van der Waals surface area contributed by atoms with Crippen molar-refractivity contribution in [3.05, 3.63) is 36.5 Å². The van der Waals surface area contributed by atoms with Crippen molar-refractivity contribution in [1.82, 2.24) is 14.9 Å². The van der Waals surface area contributed by atoms with Crippen molar-refractivity contribution in [3.63, 3.8) is 0 Å². The molecular formula is C18H26N6O. The van der Waals surface area contributed by atoms with Crippen LogP contribution in [0.3, 0.4) is 0 Å². The van der Waals surface area contributed by atoms with Gasteiger partial charge in [0.05, 0.1) is 13.2 Å². The van der Waals surface area contributed by atoms with Crippen LogP contribution in [0.15, 0.2) is 36.5 Å². The second kappa shape index (κ2) is 8.64. The summed E-state index contributed by atoms with van der Waals surface area (Å²) in [7, 11) is 4.05. The lowest BCUT2D eigenvalue weighted by Gasteiger charge is -2.26. The van der Waals surface area contributed by atoms with Crippen LogP contribution in [0.1, 0.15) is 0 Å². The fourth-order valence-corrected chi connectivity index (χ4v) is 2.66. The molecule has 1 aliphatic heterocycles. The number of nitrogens with zero attached hydrogens (tertiary/aromatic N) is 4. The Morgan fingerprint density at radius 1 is 1.12 bits per heavy atom. The largest absolute Gasteiger partial charge is 0.379 e. The molecule has 7 nitrogen and oxygen atoms in total. The second-order valence-electron chi connectivity index (χ2n) is 6.21. The maximum absolute atomic E-state index is 5.36. The number of benzene rings is 1. The van der Waals surface area contributed by atoms with E-state index in [-0.39, 0.29) is 0 Å². The minimum Gasteiger partial charge on any atom is -0.379 e. The molecule has 1 aromatic heterocycles. The van der Waals surface area contributed by atoms with Crippen molar-refractivity contribution >= 4 is 23.1 Å². The summed E-state index contributed by atoms with van der Waals surface area (Å²) < 4.78 is 5.36. The van der Waals surface area contributed by atoms with E-state index in [0.29, 0.717) is 5.95 Å². The molecule has 2 heterocycles. The Bertz CT molecular complexity index is 655. The fourth-order valence-electron chi connectivity index (χ4n) is 2.66. The first-order valence-corrected chi connectivity index (χ1v) is 8.62. The molecule has 0 bridgehead atoms. The molecule has 0 spiro atoms. The van der Waals surface area contributed by atoms with Crippen LogP contribution in [0.2, 0.25) is 0 Å². The zero-order chi connectivity index (χ0) is 17.5. The Hall–Kier alpha value is -2.38. The van der Waals surface area contributed by atoms with E-state index < -0.39 is 0 Å². The van der Waals surface area contributed by atoms with Gasteiger partial charge in [-0.25, -0.2) is 4.98 Å². The predicted octanol–water partition coefficient (Wildman–Crippen LogP) is 2.03. The SMILES string of the molecule is CN(C)c1ccc(Nc2nccc(NCCN3CCOCC3)n2)cc1. The van der Waals surface area contributed by atoms with Gasteiger partial charge >= 0.3 is 0 Å². The van der Waals surface area contributed by atoms with Crippen LogP contribution in [0.5, 0.6) is 0 Å². The highest BCUT2D eigenvalue weighted by molar-refractivity contribution is 5.59. The Morgan fingerprint density at radius 2 is 1.88 bits per heavy atom. The molecule has 1 saturated heterocycles. The molecule has 0 radical (unpaired) electrons. The van der Waals surface area contributed by atoms with E-state index >= 15 is 0 Å². The van der Waals surface area contributed by atoms with Gasteiger partial charge < -0.3 is 20.3 Å². The molecular weight excluding hydrogens is 316 g/mol. The molecule has 0 unspecified atom stereocenters. The predicted molar refractivity (Wildman–Crippen MR) is 102 cm³/mol. The topological polar surface area (TPSA) is 65.5 Å². The minimum atomic E-state index is 0.592. The van der Waals surface area contributed by atoms with Gasteiger partial charge in [0.25, 0.3) is 0 Å². The molecule has 3 rings (SSSR count). The lowest BCUT2D eigenvalue weighted by Crippen LogP contribution is -2.39. The summed E-state index contributed by atoms with van der Waals surface area (Å²) >= 11 is 0. The molecule has 1 aliphatic rings. The van der Waals surface area contributed by atoms with E-state index in [9.17, 15) is 0 Å². The normalized spacial score (nSPS) is 15.0. The number of aromatic nitrogens is 2. The minimum absolute atomic E-state index is 0.592. The number of hydrogen-bond acceptors (Lipinski definition) is 7. The molecule has 0 amide bonds. The van der Waals surface area contributed by atoms with Gasteiger partial charge in [0.1, 0.15) is 5.82 Å². The van der Waals surface area contributed by atoms with Crippen LogP contribution in [-0.4, -0.2) is 68.4 Å². The van der Waals surface area contributed by atoms with E-state index in [1.165, 1.54) is 0 Å². The number of rotatable bonds is 7. The summed E-state index contributed by atoms with van der Waals surface area (Å²) in [5, 5.41) is 6.60. The van der Waals surface area contributed by atoms with Crippen molar-refractivity contribution in [3.8, 4) is 0 Å². The first-order chi connectivity index (χ1) is 12.2. The number of anilines is 4.